The molecule has 1 saturated heterocycles. The molecule has 1 aliphatic heterocycles. The third-order valence-corrected chi connectivity index (χ3v) is 4.19. The van der Waals surface area contributed by atoms with Crippen LogP contribution in [0.2, 0.25) is 0 Å². The quantitative estimate of drug-likeness (QED) is 0.836. The van der Waals surface area contributed by atoms with E-state index in [9.17, 15) is 4.79 Å². The van der Waals surface area contributed by atoms with E-state index in [4.69, 9.17) is 0 Å². The van der Waals surface area contributed by atoms with Crippen LogP contribution in [0.1, 0.15) is 38.7 Å². The van der Waals surface area contributed by atoms with Gasteiger partial charge in [-0.15, -0.1) is 0 Å². The first kappa shape index (κ1) is 15.0. The number of amides is 1. The van der Waals surface area contributed by atoms with Gasteiger partial charge in [0.05, 0.1) is 0 Å². The Hall–Kier alpha value is -1.35. The second kappa shape index (κ2) is 6.89. The molecule has 2 N–H and O–H groups in total. The van der Waals surface area contributed by atoms with Crippen molar-refractivity contribution in [3.63, 3.8) is 0 Å². The number of carbonyl (C=O) groups excluding carboxylic acids is 1. The van der Waals surface area contributed by atoms with Crippen molar-refractivity contribution in [1.29, 1.82) is 0 Å². The van der Waals surface area contributed by atoms with E-state index in [1.807, 2.05) is 18.2 Å². The molecule has 1 aliphatic rings. The zero-order valence-electron chi connectivity index (χ0n) is 12.6. The van der Waals surface area contributed by atoms with Gasteiger partial charge in [-0.05, 0) is 42.8 Å². The summed E-state index contributed by atoms with van der Waals surface area (Å²) in [6, 6.07) is 10.3. The van der Waals surface area contributed by atoms with Crippen molar-refractivity contribution >= 4 is 5.91 Å². The molecule has 1 unspecified atom stereocenters. The van der Waals surface area contributed by atoms with Crippen LogP contribution in [0, 0.1) is 5.92 Å². The monoisotopic (exact) mass is 274 g/mol. The Morgan fingerprint density at radius 1 is 1.35 bits per heavy atom. The molecule has 1 amide bonds. The molecule has 2 rings (SSSR count). The minimum absolute atomic E-state index is 0.111. The second-order valence-electron chi connectivity index (χ2n) is 6.42. The average molecular weight is 274 g/mol. The van der Waals surface area contributed by atoms with Crippen LogP contribution in [0.15, 0.2) is 30.3 Å². The molecule has 0 aromatic heterocycles. The summed E-state index contributed by atoms with van der Waals surface area (Å²) in [7, 11) is 0. The molecule has 1 fully saturated rings. The van der Waals surface area contributed by atoms with Crippen LogP contribution in [0.4, 0.5) is 0 Å². The molecule has 3 heteroatoms. The molecule has 0 bridgehead atoms. The number of rotatable bonds is 6. The van der Waals surface area contributed by atoms with E-state index in [1.54, 1.807) is 0 Å². The zero-order chi connectivity index (χ0) is 14.4. The predicted octanol–water partition coefficient (Wildman–Crippen LogP) is 2.47. The van der Waals surface area contributed by atoms with Gasteiger partial charge >= 0.3 is 0 Å². The van der Waals surface area contributed by atoms with E-state index in [0.717, 1.165) is 32.0 Å². The first-order valence-corrected chi connectivity index (χ1v) is 7.61. The van der Waals surface area contributed by atoms with E-state index in [1.165, 1.54) is 12.0 Å². The predicted molar refractivity (Wildman–Crippen MR) is 82.7 cm³/mol. The van der Waals surface area contributed by atoms with Gasteiger partial charge in [0, 0.05) is 13.0 Å². The largest absolute Gasteiger partial charge is 0.356 e. The lowest BCUT2D eigenvalue weighted by molar-refractivity contribution is -0.122. The summed E-state index contributed by atoms with van der Waals surface area (Å²) in [5.74, 6) is 0.891. The molecule has 0 saturated carbocycles. The zero-order valence-corrected chi connectivity index (χ0v) is 12.6. The first-order chi connectivity index (χ1) is 9.58. The topological polar surface area (TPSA) is 41.1 Å². The van der Waals surface area contributed by atoms with Crippen LogP contribution < -0.4 is 10.6 Å². The Balaban J connectivity index is 1.75. The highest BCUT2D eigenvalue weighted by Crippen LogP contribution is 2.26. The van der Waals surface area contributed by atoms with Crippen LogP contribution in [0.25, 0.3) is 0 Å². The number of carbonyl (C=O) groups is 1. The Morgan fingerprint density at radius 2 is 2.10 bits per heavy atom. The molecule has 1 atom stereocenters. The number of hydrogen-bond donors (Lipinski definition) is 2. The van der Waals surface area contributed by atoms with Gasteiger partial charge < -0.3 is 10.6 Å². The third kappa shape index (κ3) is 4.34. The average Bonchev–Trinajstić information content (AvgIpc) is 2.92. The lowest BCUT2D eigenvalue weighted by Gasteiger charge is -2.24. The van der Waals surface area contributed by atoms with Crippen molar-refractivity contribution in [3.05, 3.63) is 35.9 Å². The van der Waals surface area contributed by atoms with Gasteiger partial charge in [0.2, 0.25) is 5.91 Å². The fraction of sp³-hybridized carbons (Fsp3) is 0.588. The fourth-order valence-electron chi connectivity index (χ4n) is 2.83. The fourth-order valence-corrected chi connectivity index (χ4v) is 2.83. The number of benzene rings is 1. The molecular formula is C17H26N2O. The maximum Gasteiger partial charge on any atom is 0.220 e. The third-order valence-electron chi connectivity index (χ3n) is 4.19. The smallest absolute Gasteiger partial charge is 0.220 e. The lowest BCUT2D eigenvalue weighted by Crippen LogP contribution is -2.32. The second-order valence-corrected chi connectivity index (χ2v) is 6.42. The van der Waals surface area contributed by atoms with E-state index in [-0.39, 0.29) is 11.3 Å². The normalized spacial score (nSPS) is 19.0. The van der Waals surface area contributed by atoms with Crippen molar-refractivity contribution in [2.24, 2.45) is 5.92 Å². The van der Waals surface area contributed by atoms with E-state index in [0.29, 0.717) is 6.42 Å². The molecular weight excluding hydrogens is 248 g/mol. The summed E-state index contributed by atoms with van der Waals surface area (Å²) >= 11 is 0. The van der Waals surface area contributed by atoms with Crippen LogP contribution >= 0.6 is 0 Å². The Labute approximate surface area is 122 Å². The van der Waals surface area contributed by atoms with E-state index < -0.39 is 0 Å². The van der Waals surface area contributed by atoms with Gasteiger partial charge in [-0.25, -0.2) is 0 Å². The van der Waals surface area contributed by atoms with E-state index >= 15 is 0 Å². The maximum absolute atomic E-state index is 12.1. The summed E-state index contributed by atoms with van der Waals surface area (Å²) in [6.07, 6.45) is 2.87. The number of hydrogen-bond acceptors (Lipinski definition) is 2. The molecule has 0 radical (unpaired) electrons. The van der Waals surface area contributed by atoms with Gasteiger partial charge in [0.15, 0.2) is 0 Å². The van der Waals surface area contributed by atoms with Crippen LogP contribution in [0.3, 0.4) is 0 Å². The highest BCUT2D eigenvalue weighted by molar-refractivity contribution is 5.77. The van der Waals surface area contributed by atoms with Crippen molar-refractivity contribution in [2.75, 3.05) is 19.6 Å². The molecule has 110 valence electrons. The Morgan fingerprint density at radius 3 is 2.75 bits per heavy atom. The summed E-state index contributed by atoms with van der Waals surface area (Å²) in [6.45, 7) is 7.28. The maximum atomic E-state index is 12.1. The van der Waals surface area contributed by atoms with Gasteiger partial charge in [0.25, 0.3) is 0 Å². The lowest BCUT2D eigenvalue weighted by atomic mass is 9.81. The molecule has 3 nitrogen and oxygen atoms in total. The van der Waals surface area contributed by atoms with Crippen LogP contribution in [-0.4, -0.2) is 25.5 Å². The SMILES string of the molecule is CC(C)(CC(=O)NCCC1CCNC1)c1ccccc1. The van der Waals surface area contributed by atoms with Gasteiger partial charge in [-0.3, -0.25) is 4.79 Å². The highest BCUT2D eigenvalue weighted by atomic mass is 16.1. The Kier molecular flexibility index (Phi) is 5.18. The van der Waals surface area contributed by atoms with E-state index in [2.05, 4.69) is 36.6 Å². The van der Waals surface area contributed by atoms with Crippen LogP contribution in [0.5, 0.6) is 0 Å². The Bertz CT molecular complexity index is 422. The molecule has 1 heterocycles. The van der Waals surface area contributed by atoms with Crippen molar-refractivity contribution < 1.29 is 4.79 Å². The highest BCUT2D eigenvalue weighted by Gasteiger charge is 2.24. The van der Waals surface area contributed by atoms with Gasteiger partial charge in [-0.2, -0.15) is 0 Å². The molecule has 0 spiro atoms. The molecule has 1 aromatic carbocycles. The van der Waals surface area contributed by atoms with Crippen molar-refractivity contribution in [1.82, 2.24) is 10.6 Å². The molecule has 1 aromatic rings. The summed E-state index contributed by atoms with van der Waals surface area (Å²) in [4.78, 5) is 12.1. The van der Waals surface area contributed by atoms with Crippen molar-refractivity contribution in [3.8, 4) is 0 Å². The van der Waals surface area contributed by atoms with Crippen LogP contribution in [-0.2, 0) is 10.2 Å². The summed E-state index contributed by atoms with van der Waals surface area (Å²) in [5.41, 5.74) is 1.11. The number of nitrogens with one attached hydrogen (secondary N) is 2. The van der Waals surface area contributed by atoms with Gasteiger partial charge in [-0.1, -0.05) is 44.2 Å². The standard InChI is InChI=1S/C17H26N2O/c1-17(2,15-6-4-3-5-7-15)12-16(20)19-11-9-14-8-10-18-13-14/h3-7,14,18H,8-13H2,1-2H3,(H,19,20). The van der Waals surface area contributed by atoms with Gasteiger partial charge in [0.1, 0.15) is 0 Å². The van der Waals surface area contributed by atoms with Crippen molar-refractivity contribution in [2.45, 2.75) is 38.5 Å². The first-order valence-electron chi connectivity index (χ1n) is 7.61. The summed E-state index contributed by atoms with van der Waals surface area (Å²) in [5, 5.41) is 6.43. The molecule has 0 aliphatic carbocycles. The molecule has 20 heavy (non-hydrogen) atoms. The summed E-state index contributed by atoms with van der Waals surface area (Å²) < 4.78 is 0. The minimum atomic E-state index is -0.111. The minimum Gasteiger partial charge on any atom is -0.356 e.